The van der Waals surface area contributed by atoms with Crippen molar-refractivity contribution in [3.63, 3.8) is 0 Å². The maximum absolute atomic E-state index is 11.8. The predicted molar refractivity (Wildman–Crippen MR) is 61.7 cm³/mol. The van der Waals surface area contributed by atoms with Crippen LogP contribution in [0.5, 0.6) is 0 Å². The molecular weight excluding hydrogens is 204 g/mol. The number of hydrogen-bond acceptors (Lipinski definition) is 4. The number of hydrogen-bond donors (Lipinski definition) is 1. The lowest BCUT2D eigenvalue weighted by molar-refractivity contribution is 0.0782. The SMILES string of the molecule is CCCN(CCC)NC(=O)c1ccncn1. The minimum absolute atomic E-state index is 0.177. The minimum atomic E-state index is -0.177. The Balaban J connectivity index is 2.54. The molecule has 0 aliphatic heterocycles. The van der Waals surface area contributed by atoms with Gasteiger partial charge in [-0.25, -0.2) is 15.0 Å². The smallest absolute Gasteiger partial charge is 0.283 e. The summed E-state index contributed by atoms with van der Waals surface area (Å²) >= 11 is 0. The molecule has 0 fully saturated rings. The molecule has 0 aliphatic rings. The molecule has 5 nitrogen and oxygen atoms in total. The van der Waals surface area contributed by atoms with Gasteiger partial charge in [-0.1, -0.05) is 13.8 Å². The average molecular weight is 222 g/mol. The number of carbonyl (C=O) groups excluding carboxylic acids is 1. The van der Waals surface area contributed by atoms with E-state index in [0.717, 1.165) is 25.9 Å². The lowest BCUT2D eigenvalue weighted by Gasteiger charge is -2.21. The van der Waals surface area contributed by atoms with Gasteiger partial charge in [0.25, 0.3) is 5.91 Å². The van der Waals surface area contributed by atoms with Crippen molar-refractivity contribution < 1.29 is 4.79 Å². The molecule has 1 heterocycles. The highest BCUT2D eigenvalue weighted by atomic mass is 16.2. The quantitative estimate of drug-likeness (QED) is 0.736. The zero-order valence-electron chi connectivity index (χ0n) is 9.81. The van der Waals surface area contributed by atoms with Crippen LogP contribution in [0.2, 0.25) is 0 Å². The van der Waals surface area contributed by atoms with Gasteiger partial charge in [-0.05, 0) is 18.9 Å². The van der Waals surface area contributed by atoms with Gasteiger partial charge in [0, 0.05) is 19.3 Å². The molecule has 0 spiro atoms. The maximum atomic E-state index is 11.8. The summed E-state index contributed by atoms with van der Waals surface area (Å²) < 4.78 is 0. The van der Waals surface area contributed by atoms with Crippen LogP contribution in [0.1, 0.15) is 37.2 Å². The van der Waals surface area contributed by atoms with Crippen LogP contribution in [0.3, 0.4) is 0 Å². The van der Waals surface area contributed by atoms with Crippen molar-refractivity contribution in [2.45, 2.75) is 26.7 Å². The van der Waals surface area contributed by atoms with Gasteiger partial charge in [0.2, 0.25) is 0 Å². The third-order valence-electron chi connectivity index (χ3n) is 2.06. The Hall–Kier alpha value is -1.49. The van der Waals surface area contributed by atoms with Crippen LogP contribution in [0, 0.1) is 0 Å². The topological polar surface area (TPSA) is 58.1 Å². The average Bonchev–Trinajstić information content (AvgIpc) is 2.31. The molecule has 1 aromatic heterocycles. The third kappa shape index (κ3) is 3.94. The largest absolute Gasteiger partial charge is 0.284 e. The summed E-state index contributed by atoms with van der Waals surface area (Å²) in [7, 11) is 0. The van der Waals surface area contributed by atoms with E-state index >= 15 is 0 Å². The van der Waals surface area contributed by atoms with E-state index in [1.807, 2.05) is 5.01 Å². The molecule has 16 heavy (non-hydrogen) atoms. The molecule has 88 valence electrons. The predicted octanol–water partition coefficient (Wildman–Crippen LogP) is 1.24. The fourth-order valence-electron chi connectivity index (χ4n) is 1.39. The molecule has 1 amide bonds. The molecule has 0 saturated carbocycles. The standard InChI is InChI=1S/C11H18N4O/c1-3-7-15(8-4-2)14-11(16)10-5-6-12-9-13-10/h5-6,9H,3-4,7-8H2,1-2H3,(H,14,16). The number of carbonyl (C=O) groups is 1. The molecule has 0 saturated heterocycles. The van der Waals surface area contributed by atoms with Gasteiger partial charge in [0.15, 0.2) is 0 Å². The van der Waals surface area contributed by atoms with E-state index in [4.69, 9.17) is 0 Å². The van der Waals surface area contributed by atoms with Crippen molar-refractivity contribution in [1.29, 1.82) is 0 Å². The summed E-state index contributed by atoms with van der Waals surface area (Å²) in [6.45, 7) is 5.87. The van der Waals surface area contributed by atoms with Crippen LogP contribution in [0.15, 0.2) is 18.6 Å². The fraction of sp³-hybridized carbons (Fsp3) is 0.545. The van der Waals surface area contributed by atoms with Crippen molar-refractivity contribution in [1.82, 2.24) is 20.4 Å². The number of amides is 1. The molecule has 1 aromatic rings. The minimum Gasteiger partial charge on any atom is -0.283 e. The zero-order valence-corrected chi connectivity index (χ0v) is 9.81. The van der Waals surface area contributed by atoms with E-state index in [-0.39, 0.29) is 5.91 Å². The lowest BCUT2D eigenvalue weighted by Crippen LogP contribution is -2.43. The van der Waals surface area contributed by atoms with Crippen molar-refractivity contribution in [3.8, 4) is 0 Å². The molecule has 0 aromatic carbocycles. The number of aromatic nitrogens is 2. The van der Waals surface area contributed by atoms with Gasteiger partial charge in [0.05, 0.1) is 0 Å². The molecular formula is C11H18N4O. The second kappa shape index (κ2) is 6.90. The highest BCUT2D eigenvalue weighted by molar-refractivity contribution is 5.91. The number of nitrogens with one attached hydrogen (secondary N) is 1. The van der Waals surface area contributed by atoms with Gasteiger partial charge in [0.1, 0.15) is 12.0 Å². The molecule has 0 unspecified atom stereocenters. The van der Waals surface area contributed by atoms with Gasteiger partial charge >= 0.3 is 0 Å². The molecule has 0 aliphatic carbocycles. The monoisotopic (exact) mass is 222 g/mol. The molecule has 5 heteroatoms. The Morgan fingerprint density at radius 2 is 2.06 bits per heavy atom. The zero-order chi connectivity index (χ0) is 11.8. The van der Waals surface area contributed by atoms with Crippen LogP contribution < -0.4 is 5.43 Å². The van der Waals surface area contributed by atoms with Crippen molar-refractivity contribution >= 4 is 5.91 Å². The first-order valence-electron chi connectivity index (χ1n) is 5.59. The van der Waals surface area contributed by atoms with Crippen molar-refractivity contribution in [2.75, 3.05) is 13.1 Å². The van der Waals surface area contributed by atoms with E-state index in [2.05, 4.69) is 29.2 Å². The van der Waals surface area contributed by atoms with E-state index in [0.29, 0.717) is 5.69 Å². The normalized spacial score (nSPS) is 10.4. The van der Waals surface area contributed by atoms with E-state index in [1.54, 1.807) is 12.3 Å². The second-order valence-corrected chi connectivity index (χ2v) is 3.52. The molecule has 0 bridgehead atoms. The van der Waals surface area contributed by atoms with Gasteiger partial charge < -0.3 is 0 Å². The second-order valence-electron chi connectivity index (χ2n) is 3.52. The summed E-state index contributed by atoms with van der Waals surface area (Å²) in [4.78, 5) is 19.4. The Morgan fingerprint density at radius 3 is 2.56 bits per heavy atom. The molecule has 1 rings (SSSR count). The summed E-state index contributed by atoms with van der Waals surface area (Å²) in [6.07, 6.45) is 4.94. The Labute approximate surface area is 95.9 Å². The van der Waals surface area contributed by atoms with Crippen LogP contribution in [0.4, 0.5) is 0 Å². The summed E-state index contributed by atoms with van der Waals surface area (Å²) in [5, 5.41) is 1.92. The lowest BCUT2D eigenvalue weighted by atomic mass is 10.4. The summed E-state index contributed by atoms with van der Waals surface area (Å²) in [5.41, 5.74) is 3.23. The van der Waals surface area contributed by atoms with Crippen molar-refractivity contribution in [2.24, 2.45) is 0 Å². The highest BCUT2D eigenvalue weighted by Gasteiger charge is 2.10. The van der Waals surface area contributed by atoms with Crippen LogP contribution in [0.25, 0.3) is 0 Å². The first kappa shape index (κ1) is 12.6. The first-order valence-corrected chi connectivity index (χ1v) is 5.59. The maximum Gasteiger partial charge on any atom is 0.284 e. The Kier molecular flexibility index (Phi) is 5.42. The van der Waals surface area contributed by atoms with Gasteiger partial charge in [-0.2, -0.15) is 0 Å². The molecule has 0 radical (unpaired) electrons. The summed E-state index contributed by atoms with van der Waals surface area (Å²) in [5.74, 6) is -0.177. The van der Waals surface area contributed by atoms with Gasteiger partial charge in [-0.3, -0.25) is 10.2 Å². The highest BCUT2D eigenvalue weighted by Crippen LogP contribution is 1.94. The van der Waals surface area contributed by atoms with Crippen LogP contribution >= 0.6 is 0 Å². The van der Waals surface area contributed by atoms with E-state index in [1.165, 1.54) is 6.33 Å². The fourth-order valence-corrected chi connectivity index (χ4v) is 1.39. The van der Waals surface area contributed by atoms with Crippen molar-refractivity contribution in [3.05, 3.63) is 24.3 Å². The number of nitrogens with zero attached hydrogens (tertiary/aromatic N) is 3. The molecule has 0 atom stereocenters. The number of hydrazine groups is 1. The Bertz CT molecular complexity index is 309. The van der Waals surface area contributed by atoms with Gasteiger partial charge in [-0.15, -0.1) is 0 Å². The van der Waals surface area contributed by atoms with Crippen LogP contribution in [-0.2, 0) is 0 Å². The van der Waals surface area contributed by atoms with E-state index in [9.17, 15) is 4.79 Å². The Morgan fingerprint density at radius 1 is 1.38 bits per heavy atom. The van der Waals surface area contributed by atoms with Crippen LogP contribution in [-0.4, -0.2) is 34.0 Å². The summed E-state index contributed by atoms with van der Waals surface area (Å²) in [6, 6.07) is 1.60. The molecule has 1 N–H and O–H groups in total. The van der Waals surface area contributed by atoms with E-state index < -0.39 is 0 Å². The third-order valence-corrected chi connectivity index (χ3v) is 2.06. The first-order chi connectivity index (χ1) is 7.77. The number of rotatable bonds is 6.